The number of nitrogens with one attached hydrogen (secondary N) is 1. The van der Waals surface area contributed by atoms with Crippen LogP contribution in [0, 0.1) is 0 Å². The first kappa shape index (κ1) is 11.9. The van der Waals surface area contributed by atoms with Crippen LogP contribution in [0.1, 0.15) is 24.8 Å². The molecule has 1 unspecified atom stereocenters. The molecule has 3 nitrogen and oxygen atoms in total. The number of rotatable bonds is 2. The molecule has 18 heavy (non-hydrogen) atoms. The van der Waals surface area contributed by atoms with Crippen molar-refractivity contribution in [3.8, 4) is 0 Å². The van der Waals surface area contributed by atoms with Gasteiger partial charge in [0.15, 0.2) is 5.78 Å². The lowest BCUT2D eigenvalue weighted by molar-refractivity contribution is -0.129. The van der Waals surface area contributed by atoms with Gasteiger partial charge in [0.2, 0.25) is 0 Å². The van der Waals surface area contributed by atoms with Crippen LogP contribution in [0.15, 0.2) is 30.3 Å². The van der Waals surface area contributed by atoms with E-state index in [2.05, 4.69) is 34.5 Å². The zero-order valence-electron chi connectivity index (χ0n) is 10.7. The number of nitrogens with zero attached hydrogens (tertiary/aromatic N) is 1. The quantitative estimate of drug-likeness (QED) is 0.857. The van der Waals surface area contributed by atoms with Gasteiger partial charge in [-0.2, -0.15) is 0 Å². The Labute approximate surface area is 108 Å². The summed E-state index contributed by atoms with van der Waals surface area (Å²) in [5.41, 5.74) is 1.09. The average molecular weight is 244 g/mol. The number of carbonyl (C=O) groups is 1. The Bertz CT molecular complexity index is 431. The van der Waals surface area contributed by atoms with Crippen molar-refractivity contribution in [2.24, 2.45) is 0 Å². The lowest BCUT2D eigenvalue weighted by Crippen LogP contribution is -2.63. The zero-order valence-corrected chi connectivity index (χ0v) is 10.7. The summed E-state index contributed by atoms with van der Waals surface area (Å²) in [6.07, 6.45) is 2.82. The minimum absolute atomic E-state index is 0.214. The molecule has 1 atom stereocenters. The number of ketones is 1. The van der Waals surface area contributed by atoms with Gasteiger partial charge in [-0.1, -0.05) is 30.3 Å². The predicted molar refractivity (Wildman–Crippen MR) is 71.3 cm³/mol. The van der Waals surface area contributed by atoms with E-state index in [9.17, 15) is 4.79 Å². The number of hydrogen-bond acceptors (Lipinski definition) is 3. The number of benzene rings is 1. The molecule has 1 aliphatic heterocycles. The van der Waals surface area contributed by atoms with Gasteiger partial charge in [-0.15, -0.1) is 0 Å². The van der Waals surface area contributed by atoms with E-state index < -0.39 is 0 Å². The lowest BCUT2D eigenvalue weighted by Gasteiger charge is -2.44. The normalized spacial score (nSPS) is 29.0. The largest absolute Gasteiger partial charge is 0.313 e. The van der Waals surface area contributed by atoms with Crippen LogP contribution in [-0.4, -0.2) is 35.9 Å². The van der Waals surface area contributed by atoms with E-state index in [-0.39, 0.29) is 5.54 Å². The van der Waals surface area contributed by atoms with E-state index in [0.29, 0.717) is 5.78 Å². The van der Waals surface area contributed by atoms with Crippen LogP contribution in [0.5, 0.6) is 0 Å². The van der Waals surface area contributed by atoms with Crippen LogP contribution < -0.4 is 5.32 Å². The van der Waals surface area contributed by atoms with E-state index in [0.717, 1.165) is 45.4 Å². The molecule has 1 aromatic rings. The molecule has 3 heteroatoms. The molecule has 1 spiro atoms. The fourth-order valence-electron chi connectivity index (χ4n) is 3.30. The summed E-state index contributed by atoms with van der Waals surface area (Å²) in [6.45, 7) is 3.69. The second-order valence-corrected chi connectivity index (χ2v) is 5.39. The highest BCUT2D eigenvalue weighted by atomic mass is 16.1. The van der Waals surface area contributed by atoms with Crippen molar-refractivity contribution in [2.75, 3.05) is 19.6 Å². The Hall–Kier alpha value is -1.19. The van der Waals surface area contributed by atoms with Crippen molar-refractivity contribution in [3.63, 3.8) is 0 Å². The van der Waals surface area contributed by atoms with E-state index >= 15 is 0 Å². The van der Waals surface area contributed by atoms with E-state index in [1.54, 1.807) is 0 Å². The smallest absolute Gasteiger partial charge is 0.154 e. The van der Waals surface area contributed by atoms with Crippen molar-refractivity contribution >= 4 is 5.78 Å². The van der Waals surface area contributed by atoms with Gasteiger partial charge in [-0.25, -0.2) is 0 Å². The van der Waals surface area contributed by atoms with E-state index in [1.807, 2.05) is 6.07 Å². The third kappa shape index (κ3) is 1.98. The second kappa shape index (κ2) is 4.82. The molecule has 1 aliphatic carbocycles. The number of piperazine rings is 1. The SMILES string of the molecule is O=C1CCCC12CNCCN2Cc1ccccc1. The van der Waals surface area contributed by atoms with Crippen LogP contribution >= 0.6 is 0 Å². The first-order valence-electron chi connectivity index (χ1n) is 6.84. The highest BCUT2D eigenvalue weighted by Crippen LogP contribution is 2.34. The molecule has 0 amide bonds. The summed E-state index contributed by atoms with van der Waals surface area (Å²) < 4.78 is 0. The first-order valence-corrected chi connectivity index (χ1v) is 6.84. The minimum Gasteiger partial charge on any atom is -0.313 e. The Morgan fingerprint density at radius 3 is 2.83 bits per heavy atom. The van der Waals surface area contributed by atoms with Crippen molar-refractivity contribution in [1.82, 2.24) is 10.2 Å². The molecule has 0 aromatic heterocycles. The fourth-order valence-corrected chi connectivity index (χ4v) is 3.30. The summed E-state index contributed by atoms with van der Waals surface area (Å²) in [5.74, 6) is 0.436. The minimum atomic E-state index is -0.214. The molecule has 0 bridgehead atoms. The zero-order chi connectivity index (χ0) is 12.4. The maximum Gasteiger partial charge on any atom is 0.154 e. The molecule has 96 valence electrons. The van der Waals surface area contributed by atoms with Gasteiger partial charge < -0.3 is 5.32 Å². The van der Waals surface area contributed by atoms with Crippen molar-refractivity contribution in [1.29, 1.82) is 0 Å². The van der Waals surface area contributed by atoms with E-state index in [1.165, 1.54) is 5.56 Å². The van der Waals surface area contributed by atoms with Crippen LogP contribution in [0.25, 0.3) is 0 Å². The Kier molecular flexibility index (Phi) is 3.18. The van der Waals surface area contributed by atoms with Gasteiger partial charge in [-0.05, 0) is 18.4 Å². The number of carbonyl (C=O) groups excluding carboxylic acids is 1. The Morgan fingerprint density at radius 1 is 1.28 bits per heavy atom. The standard InChI is InChI=1S/C15H20N2O/c18-14-7-4-8-15(14)12-16-9-10-17(15)11-13-5-2-1-3-6-13/h1-3,5-6,16H,4,7-12H2. The second-order valence-electron chi connectivity index (χ2n) is 5.39. The number of hydrogen-bond donors (Lipinski definition) is 1. The van der Waals surface area contributed by atoms with Crippen LogP contribution in [0.2, 0.25) is 0 Å². The molecule has 2 fully saturated rings. The molecule has 1 aromatic carbocycles. The molecule has 1 heterocycles. The van der Waals surface area contributed by atoms with Crippen LogP contribution in [-0.2, 0) is 11.3 Å². The molecule has 0 radical (unpaired) electrons. The molecule has 2 aliphatic rings. The lowest BCUT2D eigenvalue weighted by atomic mass is 9.91. The van der Waals surface area contributed by atoms with Gasteiger partial charge in [0, 0.05) is 32.6 Å². The summed E-state index contributed by atoms with van der Waals surface area (Å²) >= 11 is 0. The highest BCUT2D eigenvalue weighted by molar-refractivity contribution is 5.90. The van der Waals surface area contributed by atoms with Crippen LogP contribution in [0.3, 0.4) is 0 Å². The highest BCUT2D eigenvalue weighted by Gasteiger charge is 2.47. The van der Waals surface area contributed by atoms with Gasteiger partial charge in [0.1, 0.15) is 0 Å². The third-order valence-electron chi connectivity index (χ3n) is 4.31. The monoisotopic (exact) mass is 244 g/mol. The predicted octanol–water partition coefficient (Wildman–Crippen LogP) is 1.58. The van der Waals surface area contributed by atoms with Crippen molar-refractivity contribution in [2.45, 2.75) is 31.3 Å². The summed E-state index contributed by atoms with van der Waals surface area (Å²) in [5, 5.41) is 3.40. The maximum absolute atomic E-state index is 12.3. The van der Waals surface area contributed by atoms with Crippen molar-refractivity contribution < 1.29 is 4.79 Å². The molecule has 3 rings (SSSR count). The average Bonchev–Trinajstić information content (AvgIpc) is 2.76. The Morgan fingerprint density at radius 2 is 2.11 bits per heavy atom. The number of Topliss-reactive ketones (excluding diaryl/α,β-unsaturated/α-hetero) is 1. The van der Waals surface area contributed by atoms with Gasteiger partial charge in [0.05, 0.1) is 5.54 Å². The van der Waals surface area contributed by atoms with Gasteiger partial charge >= 0.3 is 0 Å². The first-order chi connectivity index (χ1) is 8.81. The van der Waals surface area contributed by atoms with Crippen LogP contribution in [0.4, 0.5) is 0 Å². The maximum atomic E-state index is 12.3. The summed E-state index contributed by atoms with van der Waals surface area (Å²) in [4.78, 5) is 14.7. The molecule has 1 N–H and O–H groups in total. The molecular formula is C15H20N2O. The van der Waals surface area contributed by atoms with E-state index in [4.69, 9.17) is 0 Å². The molecular weight excluding hydrogens is 224 g/mol. The van der Waals surface area contributed by atoms with Crippen molar-refractivity contribution in [3.05, 3.63) is 35.9 Å². The van der Waals surface area contributed by atoms with Gasteiger partial charge in [0.25, 0.3) is 0 Å². The Balaban J connectivity index is 1.82. The summed E-state index contributed by atoms with van der Waals surface area (Å²) in [7, 11) is 0. The fraction of sp³-hybridized carbons (Fsp3) is 0.533. The third-order valence-corrected chi connectivity index (χ3v) is 4.31. The van der Waals surface area contributed by atoms with Gasteiger partial charge in [-0.3, -0.25) is 9.69 Å². The summed E-state index contributed by atoms with van der Waals surface area (Å²) in [6, 6.07) is 10.5. The molecule has 1 saturated carbocycles. The topological polar surface area (TPSA) is 32.3 Å². The molecule has 1 saturated heterocycles.